The molecule has 0 spiro atoms. The number of ether oxygens (including phenoxy) is 3. The van der Waals surface area contributed by atoms with E-state index in [1.54, 1.807) is 0 Å². The molecule has 0 fully saturated rings. The monoisotopic (exact) mass is 771 g/mol. The highest BCUT2D eigenvalue weighted by atomic mass is 16.6. The maximum atomic E-state index is 12.7. The molecule has 1 unspecified atom stereocenters. The summed E-state index contributed by atoms with van der Waals surface area (Å²) < 4.78 is 16.6. The van der Waals surface area contributed by atoms with Crippen molar-refractivity contribution in [3.8, 4) is 0 Å². The summed E-state index contributed by atoms with van der Waals surface area (Å²) in [6.45, 7) is 6.48. The predicted molar refractivity (Wildman–Crippen MR) is 233 cm³/mol. The lowest BCUT2D eigenvalue weighted by atomic mass is 10.1. The number of esters is 3. The average molecular weight is 771 g/mol. The molecule has 0 N–H and O–H groups in total. The van der Waals surface area contributed by atoms with Crippen LogP contribution in [0, 0.1) is 0 Å². The van der Waals surface area contributed by atoms with E-state index in [-0.39, 0.29) is 31.1 Å². The van der Waals surface area contributed by atoms with Crippen molar-refractivity contribution in [3.05, 3.63) is 48.6 Å². The molecule has 0 aliphatic carbocycles. The Bertz CT molecular complexity index is 980. The van der Waals surface area contributed by atoms with Crippen LogP contribution >= 0.6 is 0 Å². The first-order valence-corrected chi connectivity index (χ1v) is 23.1. The molecule has 0 aromatic rings. The minimum atomic E-state index is -0.777. The van der Waals surface area contributed by atoms with Crippen LogP contribution in [-0.4, -0.2) is 37.2 Å². The number of allylic oxidation sites excluding steroid dienone is 8. The second-order valence-corrected chi connectivity index (χ2v) is 15.3. The molecule has 0 bridgehead atoms. The fourth-order valence-corrected chi connectivity index (χ4v) is 6.27. The molecule has 6 heteroatoms. The summed E-state index contributed by atoms with van der Waals surface area (Å²) in [5.41, 5.74) is 0. The maximum absolute atomic E-state index is 12.7. The van der Waals surface area contributed by atoms with Crippen molar-refractivity contribution in [1.29, 1.82) is 0 Å². The molecule has 0 heterocycles. The van der Waals surface area contributed by atoms with Crippen molar-refractivity contribution >= 4 is 17.9 Å². The van der Waals surface area contributed by atoms with E-state index in [1.165, 1.54) is 83.5 Å². The summed E-state index contributed by atoms with van der Waals surface area (Å²) >= 11 is 0. The average Bonchev–Trinajstić information content (AvgIpc) is 3.18. The van der Waals surface area contributed by atoms with E-state index in [2.05, 4.69) is 69.4 Å². The van der Waals surface area contributed by atoms with E-state index in [4.69, 9.17) is 14.2 Å². The van der Waals surface area contributed by atoms with Gasteiger partial charge in [0.05, 0.1) is 0 Å². The lowest BCUT2D eigenvalue weighted by Crippen LogP contribution is -2.30. The van der Waals surface area contributed by atoms with Crippen molar-refractivity contribution in [2.24, 2.45) is 0 Å². The van der Waals surface area contributed by atoms with E-state index in [0.717, 1.165) is 103 Å². The Hall–Kier alpha value is -2.63. The highest BCUT2D eigenvalue weighted by molar-refractivity contribution is 5.71. The van der Waals surface area contributed by atoms with E-state index < -0.39 is 6.10 Å². The number of hydrogen-bond acceptors (Lipinski definition) is 6. The van der Waals surface area contributed by atoms with Gasteiger partial charge in [0.15, 0.2) is 6.10 Å². The van der Waals surface area contributed by atoms with Gasteiger partial charge in [-0.15, -0.1) is 0 Å². The lowest BCUT2D eigenvalue weighted by molar-refractivity contribution is -0.167. The summed E-state index contributed by atoms with van der Waals surface area (Å²) in [7, 11) is 0. The van der Waals surface area contributed by atoms with Crippen LogP contribution in [0.4, 0.5) is 0 Å². The molecular weight excluding hydrogens is 685 g/mol. The van der Waals surface area contributed by atoms with Gasteiger partial charge in [-0.05, 0) is 83.5 Å². The lowest BCUT2D eigenvalue weighted by Gasteiger charge is -2.18. The Morgan fingerprint density at radius 2 is 0.655 bits per heavy atom. The predicted octanol–water partition coefficient (Wildman–Crippen LogP) is 14.8. The SMILES string of the molecule is CCCCC/C=C\C/C=C\CCCCCCCCCC(=O)OCC(COC(=O)CCCCCCC)OC(=O)CCCCCCC/C=C\C/C=C\CCCCC. The molecule has 0 saturated heterocycles. The van der Waals surface area contributed by atoms with Crippen molar-refractivity contribution < 1.29 is 28.6 Å². The van der Waals surface area contributed by atoms with Gasteiger partial charge in [0.25, 0.3) is 0 Å². The Labute approximate surface area is 339 Å². The summed E-state index contributed by atoms with van der Waals surface area (Å²) in [6.07, 6.45) is 51.2. The van der Waals surface area contributed by atoms with Gasteiger partial charge in [-0.25, -0.2) is 0 Å². The number of hydrogen-bond donors (Lipinski definition) is 0. The maximum Gasteiger partial charge on any atom is 0.306 e. The molecule has 55 heavy (non-hydrogen) atoms. The molecule has 318 valence electrons. The van der Waals surface area contributed by atoms with Crippen molar-refractivity contribution in [3.63, 3.8) is 0 Å². The minimum Gasteiger partial charge on any atom is -0.462 e. The third-order valence-electron chi connectivity index (χ3n) is 9.81. The molecular formula is C49H86O6. The zero-order valence-corrected chi connectivity index (χ0v) is 36.2. The molecule has 1 atom stereocenters. The highest BCUT2D eigenvalue weighted by Gasteiger charge is 2.19. The standard InChI is InChI=1S/C49H86O6/c1-4-7-10-13-15-17-19-21-23-24-26-27-29-31-33-36-39-42-48(51)54-45-46(44-53-47(50)41-38-35-12-9-6-3)55-49(52)43-40-37-34-32-30-28-25-22-20-18-16-14-11-8-5-2/h15-18,21-23,25,46H,4-14,19-20,24,26-45H2,1-3H3/b17-15-,18-16-,23-21-,25-22-. The van der Waals surface area contributed by atoms with Gasteiger partial charge < -0.3 is 14.2 Å². The van der Waals surface area contributed by atoms with E-state index in [0.29, 0.717) is 19.3 Å². The summed E-state index contributed by atoms with van der Waals surface area (Å²) in [5.74, 6) is -0.918. The van der Waals surface area contributed by atoms with Gasteiger partial charge in [0.2, 0.25) is 0 Å². The highest BCUT2D eigenvalue weighted by Crippen LogP contribution is 2.13. The van der Waals surface area contributed by atoms with Crippen LogP contribution in [0.2, 0.25) is 0 Å². The topological polar surface area (TPSA) is 78.9 Å². The van der Waals surface area contributed by atoms with Gasteiger partial charge in [-0.2, -0.15) is 0 Å². The Morgan fingerprint density at radius 3 is 1.04 bits per heavy atom. The summed E-state index contributed by atoms with van der Waals surface area (Å²) in [5, 5.41) is 0. The van der Waals surface area contributed by atoms with Gasteiger partial charge >= 0.3 is 17.9 Å². The fraction of sp³-hybridized carbons (Fsp3) is 0.776. The molecule has 0 aliphatic rings. The molecule has 0 amide bonds. The van der Waals surface area contributed by atoms with Crippen LogP contribution < -0.4 is 0 Å². The molecule has 0 aromatic carbocycles. The zero-order chi connectivity index (χ0) is 40.1. The van der Waals surface area contributed by atoms with E-state index in [9.17, 15) is 14.4 Å². The van der Waals surface area contributed by atoms with Crippen LogP contribution in [-0.2, 0) is 28.6 Å². The molecule has 0 rings (SSSR count). The Morgan fingerprint density at radius 1 is 0.364 bits per heavy atom. The Balaban J connectivity index is 4.25. The fourth-order valence-electron chi connectivity index (χ4n) is 6.27. The third kappa shape index (κ3) is 42.4. The molecule has 0 saturated carbocycles. The molecule has 6 nitrogen and oxygen atoms in total. The normalized spacial score (nSPS) is 12.4. The van der Waals surface area contributed by atoms with Crippen molar-refractivity contribution in [2.75, 3.05) is 13.2 Å². The number of rotatable bonds is 41. The van der Waals surface area contributed by atoms with E-state index >= 15 is 0 Å². The van der Waals surface area contributed by atoms with E-state index in [1.807, 2.05) is 0 Å². The zero-order valence-electron chi connectivity index (χ0n) is 36.2. The van der Waals surface area contributed by atoms with Crippen LogP contribution in [0.25, 0.3) is 0 Å². The summed E-state index contributed by atoms with van der Waals surface area (Å²) in [4.78, 5) is 37.5. The van der Waals surface area contributed by atoms with Crippen LogP contribution in [0.1, 0.15) is 226 Å². The van der Waals surface area contributed by atoms with Gasteiger partial charge in [-0.3, -0.25) is 14.4 Å². The van der Waals surface area contributed by atoms with Gasteiger partial charge in [-0.1, -0.05) is 172 Å². The largest absolute Gasteiger partial charge is 0.462 e. The summed E-state index contributed by atoms with van der Waals surface area (Å²) in [6, 6.07) is 0. The van der Waals surface area contributed by atoms with Crippen LogP contribution in [0.5, 0.6) is 0 Å². The quantitative estimate of drug-likeness (QED) is 0.0267. The minimum absolute atomic E-state index is 0.0824. The first-order chi connectivity index (χ1) is 27.0. The molecule has 0 radical (unpaired) electrons. The first-order valence-electron chi connectivity index (χ1n) is 23.1. The number of unbranched alkanes of at least 4 members (excludes halogenated alkanes) is 22. The van der Waals surface area contributed by atoms with Crippen LogP contribution in [0.3, 0.4) is 0 Å². The first kappa shape index (κ1) is 52.4. The van der Waals surface area contributed by atoms with Gasteiger partial charge in [0.1, 0.15) is 13.2 Å². The molecule has 0 aliphatic heterocycles. The number of carbonyl (C=O) groups excluding carboxylic acids is 3. The second-order valence-electron chi connectivity index (χ2n) is 15.3. The third-order valence-corrected chi connectivity index (χ3v) is 9.81. The Kier molecular flexibility index (Phi) is 42.0. The molecule has 0 aromatic heterocycles. The second kappa shape index (κ2) is 44.1. The van der Waals surface area contributed by atoms with Crippen molar-refractivity contribution in [1.82, 2.24) is 0 Å². The smallest absolute Gasteiger partial charge is 0.306 e. The van der Waals surface area contributed by atoms with Crippen molar-refractivity contribution in [2.45, 2.75) is 232 Å². The number of carbonyl (C=O) groups is 3. The van der Waals surface area contributed by atoms with Crippen LogP contribution in [0.15, 0.2) is 48.6 Å². The van der Waals surface area contributed by atoms with Gasteiger partial charge in [0, 0.05) is 19.3 Å².